The molecule has 1 atom stereocenters. The van der Waals surface area contributed by atoms with Crippen molar-refractivity contribution in [2.45, 2.75) is 26.8 Å². The monoisotopic (exact) mass is 370 g/mol. The number of rotatable bonds is 4. The van der Waals surface area contributed by atoms with Gasteiger partial charge in [0.25, 0.3) is 5.91 Å². The highest BCUT2D eigenvalue weighted by Gasteiger charge is 2.18. The number of hydrogen-bond acceptors (Lipinski definition) is 3. The molecule has 4 rings (SSSR count). The van der Waals surface area contributed by atoms with Gasteiger partial charge in [0.2, 0.25) is 0 Å². The molecule has 1 unspecified atom stereocenters. The molecule has 0 aliphatic heterocycles. The molecule has 0 saturated carbocycles. The minimum atomic E-state index is -0.179. The third kappa shape index (κ3) is 3.27. The van der Waals surface area contributed by atoms with E-state index >= 15 is 0 Å². The first-order valence-electron chi connectivity index (χ1n) is 9.31. The molecule has 2 aromatic heterocycles. The summed E-state index contributed by atoms with van der Waals surface area (Å²) in [6.45, 7) is 5.95. The maximum atomic E-state index is 12.8. The minimum absolute atomic E-state index is 0.0780. The molecule has 0 spiro atoms. The van der Waals surface area contributed by atoms with Crippen molar-refractivity contribution in [3.63, 3.8) is 0 Å². The van der Waals surface area contributed by atoms with Crippen LogP contribution in [0.4, 0.5) is 0 Å². The summed E-state index contributed by atoms with van der Waals surface area (Å²) in [6, 6.07) is 17.5. The SMILES string of the molecule is Cc1ccccc1C(=O)NC(C)c1cc(-c2[nH]ncc2C)nc2ccccc12. The third-order valence-electron chi connectivity index (χ3n) is 5.04. The van der Waals surface area contributed by atoms with Gasteiger partial charge < -0.3 is 5.32 Å². The Bertz CT molecular complexity index is 1160. The van der Waals surface area contributed by atoms with Gasteiger partial charge in [0, 0.05) is 10.9 Å². The van der Waals surface area contributed by atoms with Gasteiger partial charge in [-0.1, -0.05) is 36.4 Å². The van der Waals surface area contributed by atoms with Crippen molar-refractivity contribution in [2.75, 3.05) is 0 Å². The normalized spacial score (nSPS) is 12.1. The number of carbonyl (C=O) groups excluding carboxylic acids is 1. The summed E-state index contributed by atoms with van der Waals surface area (Å²) in [5.41, 5.74) is 6.31. The summed E-state index contributed by atoms with van der Waals surface area (Å²) in [7, 11) is 0. The van der Waals surface area contributed by atoms with Gasteiger partial charge in [-0.15, -0.1) is 0 Å². The molecule has 0 radical (unpaired) electrons. The highest BCUT2D eigenvalue weighted by molar-refractivity contribution is 5.96. The summed E-state index contributed by atoms with van der Waals surface area (Å²) in [5, 5.41) is 11.3. The van der Waals surface area contributed by atoms with Gasteiger partial charge in [-0.25, -0.2) is 4.98 Å². The minimum Gasteiger partial charge on any atom is -0.345 e. The van der Waals surface area contributed by atoms with Crippen LogP contribution in [-0.4, -0.2) is 21.1 Å². The second-order valence-electron chi connectivity index (χ2n) is 7.05. The number of benzene rings is 2. The topological polar surface area (TPSA) is 70.7 Å². The number of hydrogen-bond donors (Lipinski definition) is 2. The van der Waals surface area contributed by atoms with Crippen LogP contribution >= 0.6 is 0 Å². The maximum Gasteiger partial charge on any atom is 0.252 e. The standard InChI is InChI=1S/C23H22N4O/c1-14-8-4-5-9-17(14)23(28)25-16(3)19-12-21(22-15(2)13-24-27-22)26-20-11-7-6-10-18(19)20/h4-13,16H,1-3H3,(H,24,27)(H,25,28). The van der Waals surface area contributed by atoms with E-state index in [0.29, 0.717) is 5.56 Å². The van der Waals surface area contributed by atoms with Crippen LogP contribution in [0.2, 0.25) is 0 Å². The van der Waals surface area contributed by atoms with Crippen molar-refractivity contribution >= 4 is 16.8 Å². The summed E-state index contributed by atoms with van der Waals surface area (Å²) in [4.78, 5) is 17.6. The van der Waals surface area contributed by atoms with Crippen molar-refractivity contribution in [1.29, 1.82) is 0 Å². The van der Waals surface area contributed by atoms with Crippen LogP contribution in [0, 0.1) is 13.8 Å². The van der Waals surface area contributed by atoms with Crippen LogP contribution in [-0.2, 0) is 0 Å². The number of carbonyl (C=O) groups is 1. The molecule has 5 nitrogen and oxygen atoms in total. The number of para-hydroxylation sites is 1. The second-order valence-corrected chi connectivity index (χ2v) is 7.05. The van der Waals surface area contributed by atoms with Gasteiger partial charge in [-0.05, 0) is 55.7 Å². The fraction of sp³-hybridized carbons (Fsp3) is 0.174. The molecule has 2 aromatic carbocycles. The van der Waals surface area contributed by atoms with E-state index in [-0.39, 0.29) is 11.9 Å². The molecule has 0 saturated heterocycles. The van der Waals surface area contributed by atoms with E-state index in [2.05, 4.69) is 15.5 Å². The zero-order valence-electron chi connectivity index (χ0n) is 16.2. The molecular formula is C23H22N4O. The van der Waals surface area contributed by atoms with Crippen LogP contribution in [0.5, 0.6) is 0 Å². The summed E-state index contributed by atoms with van der Waals surface area (Å²) in [6.07, 6.45) is 1.79. The Morgan fingerprint density at radius 3 is 2.54 bits per heavy atom. The van der Waals surface area contributed by atoms with E-state index in [1.165, 1.54) is 0 Å². The van der Waals surface area contributed by atoms with E-state index in [1.807, 2.05) is 75.4 Å². The number of amides is 1. The molecule has 1 amide bonds. The predicted molar refractivity (Wildman–Crippen MR) is 111 cm³/mol. The Hall–Kier alpha value is -3.47. The molecular weight excluding hydrogens is 348 g/mol. The first-order valence-corrected chi connectivity index (χ1v) is 9.31. The van der Waals surface area contributed by atoms with Crippen molar-refractivity contribution in [2.24, 2.45) is 0 Å². The fourth-order valence-electron chi connectivity index (χ4n) is 3.47. The summed E-state index contributed by atoms with van der Waals surface area (Å²) in [5.74, 6) is -0.0780. The average molecular weight is 370 g/mol. The lowest BCUT2D eigenvalue weighted by Gasteiger charge is -2.18. The second kappa shape index (κ2) is 7.27. The van der Waals surface area contributed by atoms with E-state index < -0.39 is 0 Å². The largest absolute Gasteiger partial charge is 0.345 e. The van der Waals surface area contributed by atoms with Crippen LogP contribution in [0.1, 0.15) is 40.0 Å². The van der Waals surface area contributed by atoms with Crippen molar-refractivity contribution < 1.29 is 4.79 Å². The Balaban J connectivity index is 1.75. The number of pyridine rings is 1. The number of H-pyrrole nitrogens is 1. The lowest BCUT2D eigenvalue weighted by molar-refractivity contribution is 0.0939. The number of aromatic nitrogens is 3. The van der Waals surface area contributed by atoms with Crippen LogP contribution in [0.15, 0.2) is 60.8 Å². The molecule has 2 N–H and O–H groups in total. The van der Waals surface area contributed by atoms with Gasteiger partial charge in [0.05, 0.1) is 29.1 Å². The molecule has 2 heterocycles. The summed E-state index contributed by atoms with van der Waals surface area (Å²) < 4.78 is 0. The number of nitrogens with one attached hydrogen (secondary N) is 2. The number of aromatic amines is 1. The van der Waals surface area contributed by atoms with Crippen molar-refractivity contribution in [3.8, 4) is 11.4 Å². The Kier molecular flexibility index (Phi) is 4.65. The molecule has 0 bridgehead atoms. The quantitative estimate of drug-likeness (QED) is 0.545. The molecule has 0 fully saturated rings. The Labute approximate surface area is 163 Å². The van der Waals surface area contributed by atoms with E-state index in [0.717, 1.165) is 39.0 Å². The predicted octanol–water partition coefficient (Wildman–Crippen LogP) is 4.73. The molecule has 140 valence electrons. The first-order chi connectivity index (χ1) is 13.5. The summed E-state index contributed by atoms with van der Waals surface area (Å²) >= 11 is 0. The molecule has 4 aromatic rings. The van der Waals surface area contributed by atoms with Gasteiger partial charge in [0.15, 0.2) is 0 Å². The highest BCUT2D eigenvalue weighted by Crippen LogP contribution is 2.29. The fourth-order valence-corrected chi connectivity index (χ4v) is 3.47. The molecule has 28 heavy (non-hydrogen) atoms. The van der Waals surface area contributed by atoms with Crippen molar-refractivity contribution in [1.82, 2.24) is 20.5 Å². The molecule has 0 aliphatic carbocycles. The Morgan fingerprint density at radius 1 is 1.04 bits per heavy atom. The van der Waals surface area contributed by atoms with E-state index in [9.17, 15) is 4.79 Å². The zero-order valence-corrected chi connectivity index (χ0v) is 16.2. The van der Waals surface area contributed by atoms with Gasteiger partial charge in [-0.3, -0.25) is 9.89 Å². The van der Waals surface area contributed by atoms with E-state index in [4.69, 9.17) is 4.98 Å². The first kappa shape index (κ1) is 17.9. The van der Waals surface area contributed by atoms with Gasteiger partial charge in [-0.2, -0.15) is 5.10 Å². The number of fused-ring (bicyclic) bond motifs is 1. The van der Waals surface area contributed by atoms with Crippen LogP contribution in [0.3, 0.4) is 0 Å². The number of nitrogens with zero attached hydrogens (tertiary/aromatic N) is 2. The lowest BCUT2D eigenvalue weighted by atomic mass is 9.99. The number of aryl methyl sites for hydroxylation is 2. The van der Waals surface area contributed by atoms with Crippen LogP contribution < -0.4 is 5.32 Å². The van der Waals surface area contributed by atoms with Gasteiger partial charge in [0.1, 0.15) is 0 Å². The van der Waals surface area contributed by atoms with Crippen molar-refractivity contribution in [3.05, 3.63) is 83.0 Å². The lowest BCUT2D eigenvalue weighted by Crippen LogP contribution is -2.27. The highest BCUT2D eigenvalue weighted by atomic mass is 16.1. The average Bonchev–Trinajstić information content (AvgIpc) is 3.13. The van der Waals surface area contributed by atoms with E-state index in [1.54, 1.807) is 6.20 Å². The third-order valence-corrected chi connectivity index (χ3v) is 5.04. The Morgan fingerprint density at radius 2 is 1.79 bits per heavy atom. The zero-order chi connectivity index (χ0) is 19.7. The molecule has 5 heteroatoms. The van der Waals surface area contributed by atoms with Gasteiger partial charge >= 0.3 is 0 Å². The smallest absolute Gasteiger partial charge is 0.252 e. The van der Waals surface area contributed by atoms with Crippen LogP contribution in [0.25, 0.3) is 22.3 Å². The molecule has 0 aliphatic rings. The maximum absolute atomic E-state index is 12.8.